The molecule has 1 aromatic heterocycles. The number of methoxy groups -OCH3 is 1. The van der Waals surface area contributed by atoms with E-state index in [9.17, 15) is 9.59 Å². The number of esters is 1. The van der Waals surface area contributed by atoms with Crippen molar-refractivity contribution in [2.75, 3.05) is 14.2 Å². The molecule has 0 bridgehead atoms. The molecule has 0 unspecified atom stereocenters. The fourth-order valence-electron chi connectivity index (χ4n) is 2.21. The summed E-state index contributed by atoms with van der Waals surface area (Å²) in [6.45, 7) is 2.04. The molecule has 0 N–H and O–H groups in total. The number of amidine groups is 1. The number of aryl methyl sites for hydroxylation is 1. The van der Waals surface area contributed by atoms with Crippen molar-refractivity contribution in [1.82, 2.24) is 4.90 Å². The fourth-order valence-corrected chi connectivity index (χ4v) is 4.09. The first kappa shape index (κ1) is 17.4. The van der Waals surface area contributed by atoms with Gasteiger partial charge in [-0.1, -0.05) is 0 Å². The molecule has 128 valence electrons. The summed E-state index contributed by atoms with van der Waals surface area (Å²) in [6, 6.07) is 10.8. The molecule has 7 heteroatoms. The maximum Gasteiger partial charge on any atom is 0.337 e. The van der Waals surface area contributed by atoms with Gasteiger partial charge in [-0.2, -0.15) is 0 Å². The van der Waals surface area contributed by atoms with Gasteiger partial charge < -0.3 is 4.74 Å². The number of amides is 1. The number of thiophene rings is 1. The van der Waals surface area contributed by atoms with Crippen LogP contribution in [0.1, 0.15) is 20.1 Å². The van der Waals surface area contributed by atoms with Crippen LogP contribution in [-0.2, 0) is 9.53 Å². The van der Waals surface area contributed by atoms with E-state index in [-0.39, 0.29) is 5.91 Å². The number of hydrogen-bond donors (Lipinski definition) is 0. The molecule has 1 fully saturated rings. The standard InChI is InChI=1S/C18H16N2O3S2/c1-11-4-9-14(24-11)10-15-16(21)20(2)18(25-15)19-13-7-5-12(6-8-13)17(22)23-3/h4-10H,1-3H3/b15-10-,19-18?. The van der Waals surface area contributed by atoms with Crippen molar-refractivity contribution in [2.24, 2.45) is 4.99 Å². The van der Waals surface area contributed by atoms with E-state index in [0.29, 0.717) is 21.3 Å². The largest absolute Gasteiger partial charge is 0.465 e. The van der Waals surface area contributed by atoms with Crippen molar-refractivity contribution in [3.05, 3.63) is 56.6 Å². The molecule has 0 atom stereocenters. The Labute approximate surface area is 154 Å². The Morgan fingerprint density at radius 1 is 1.20 bits per heavy atom. The zero-order valence-electron chi connectivity index (χ0n) is 14.0. The Bertz CT molecular complexity index is 882. The molecule has 0 saturated carbocycles. The summed E-state index contributed by atoms with van der Waals surface area (Å²) in [5.41, 5.74) is 1.13. The highest BCUT2D eigenvalue weighted by atomic mass is 32.2. The Balaban J connectivity index is 1.83. The van der Waals surface area contributed by atoms with Crippen LogP contribution in [0, 0.1) is 6.92 Å². The molecule has 1 saturated heterocycles. The molecular formula is C18H16N2O3S2. The Kier molecular flexibility index (Phi) is 5.06. The van der Waals surface area contributed by atoms with Gasteiger partial charge in [-0.15, -0.1) is 11.3 Å². The van der Waals surface area contributed by atoms with Crippen molar-refractivity contribution in [2.45, 2.75) is 6.92 Å². The molecule has 3 rings (SSSR count). The van der Waals surface area contributed by atoms with Crippen LogP contribution in [0.4, 0.5) is 5.69 Å². The molecule has 0 radical (unpaired) electrons. The number of carbonyl (C=O) groups is 2. The smallest absolute Gasteiger partial charge is 0.337 e. The highest BCUT2D eigenvalue weighted by Gasteiger charge is 2.30. The third-order valence-electron chi connectivity index (χ3n) is 3.55. The van der Waals surface area contributed by atoms with Crippen molar-refractivity contribution in [3.8, 4) is 0 Å². The number of rotatable bonds is 3. The lowest BCUT2D eigenvalue weighted by molar-refractivity contribution is -0.121. The lowest BCUT2D eigenvalue weighted by atomic mass is 10.2. The number of nitrogens with zero attached hydrogens (tertiary/aromatic N) is 2. The first-order chi connectivity index (χ1) is 12.0. The number of benzene rings is 1. The number of aliphatic imine (C=N–C) groups is 1. The van der Waals surface area contributed by atoms with Crippen LogP contribution in [0.5, 0.6) is 0 Å². The number of ether oxygens (including phenoxy) is 1. The SMILES string of the molecule is COC(=O)c1ccc(N=C2S/C(=C\c3ccc(C)s3)C(=O)N2C)cc1. The minimum absolute atomic E-state index is 0.0685. The van der Waals surface area contributed by atoms with Crippen LogP contribution in [0.15, 0.2) is 46.3 Å². The predicted octanol–water partition coefficient (Wildman–Crippen LogP) is 4.08. The summed E-state index contributed by atoms with van der Waals surface area (Å²) in [7, 11) is 3.05. The molecule has 0 spiro atoms. The first-order valence-corrected chi connectivity index (χ1v) is 9.12. The number of carbonyl (C=O) groups excluding carboxylic acids is 2. The van der Waals surface area contributed by atoms with Crippen LogP contribution in [-0.4, -0.2) is 36.1 Å². The minimum Gasteiger partial charge on any atom is -0.465 e. The van der Waals surface area contributed by atoms with Crippen molar-refractivity contribution >= 4 is 51.9 Å². The minimum atomic E-state index is -0.391. The summed E-state index contributed by atoms with van der Waals surface area (Å²) in [4.78, 5) is 32.8. The second kappa shape index (κ2) is 7.25. The highest BCUT2D eigenvalue weighted by Crippen LogP contribution is 2.34. The second-order valence-corrected chi connectivity index (χ2v) is 7.68. The Morgan fingerprint density at radius 2 is 1.92 bits per heavy atom. The van der Waals surface area contributed by atoms with Gasteiger partial charge in [0.2, 0.25) is 0 Å². The normalized spacial score (nSPS) is 17.6. The Hall–Kier alpha value is -2.38. The maximum absolute atomic E-state index is 12.4. The van der Waals surface area contributed by atoms with Gasteiger partial charge in [0.1, 0.15) is 0 Å². The van der Waals surface area contributed by atoms with E-state index in [1.54, 1.807) is 42.6 Å². The molecule has 1 aliphatic heterocycles. The van der Waals surface area contributed by atoms with Crippen LogP contribution in [0.2, 0.25) is 0 Å². The van der Waals surface area contributed by atoms with Gasteiger partial charge in [0.05, 0.1) is 23.3 Å². The predicted molar refractivity (Wildman–Crippen MR) is 102 cm³/mol. The monoisotopic (exact) mass is 372 g/mol. The van der Waals surface area contributed by atoms with E-state index >= 15 is 0 Å². The quantitative estimate of drug-likeness (QED) is 0.602. The average molecular weight is 372 g/mol. The number of thioether (sulfide) groups is 1. The molecule has 5 nitrogen and oxygen atoms in total. The zero-order valence-corrected chi connectivity index (χ0v) is 15.6. The van der Waals surface area contributed by atoms with Gasteiger partial charge in [-0.3, -0.25) is 9.69 Å². The second-order valence-electron chi connectivity index (χ2n) is 5.36. The number of hydrogen-bond acceptors (Lipinski definition) is 6. The molecule has 2 aromatic rings. The topological polar surface area (TPSA) is 59.0 Å². The van der Waals surface area contributed by atoms with E-state index in [0.717, 1.165) is 4.88 Å². The summed E-state index contributed by atoms with van der Waals surface area (Å²) in [5, 5.41) is 0.607. The van der Waals surface area contributed by atoms with E-state index in [1.165, 1.54) is 28.6 Å². The van der Waals surface area contributed by atoms with Crippen LogP contribution < -0.4 is 0 Å². The van der Waals surface area contributed by atoms with Gasteiger partial charge in [-0.05, 0) is 61.2 Å². The molecular weight excluding hydrogens is 356 g/mol. The van der Waals surface area contributed by atoms with E-state index in [4.69, 9.17) is 0 Å². The van der Waals surface area contributed by atoms with Crippen LogP contribution >= 0.6 is 23.1 Å². The molecule has 1 amide bonds. The molecule has 1 aromatic carbocycles. The van der Waals surface area contributed by atoms with Crippen LogP contribution in [0.25, 0.3) is 6.08 Å². The zero-order chi connectivity index (χ0) is 18.0. The third kappa shape index (κ3) is 3.83. The van der Waals surface area contributed by atoms with Crippen molar-refractivity contribution in [1.29, 1.82) is 0 Å². The van der Waals surface area contributed by atoms with E-state index in [1.807, 2.05) is 25.1 Å². The van der Waals surface area contributed by atoms with Crippen molar-refractivity contribution < 1.29 is 14.3 Å². The molecule has 0 aliphatic carbocycles. The summed E-state index contributed by atoms with van der Waals surface area (Å²) in [5.74, 6) is -0.459. The van der Waals surface area contributed by atoms with Gasteiger partial charge in [0.25, 0.3) is 5.91 Å². The van der Waals surface area contributed by atoms with E-state index < -0.39 is 5.97 Å². The Morgan fingerprint density at radius 3 is 2.52 bits per heavy atom. The van der Waals surface area contributed by atoms with Gasteiger partial charge >= 0.3 is 5.97 Å². The highest BCUT2D eigenvalue weighted by molar-refractivity contribution is 8.18. The summed E-state index contributed by atoms with van der Waals surface area (Å²) >= 11 is 2.99. The number of likely N-dealkylation sites (N-methyl/N-ethyl adjacent to an activating group) is 1. The molecule has 25 heavy (non-hydrogen) atoms. The fraction of sp³-hybridized carbons (Fsp3) is 0.167. The lowest BCUT2D eigenvalue weighted by Crippen LogP contribution is -2.23. The third-order valence-corrected chi connectivity index (χ3v) is 5.56. The average Bonchev–Trinajstić information content (AvgIpc) is 3.14. The lowest BCUT2D eigenvalue weighted by Gasteiger charge is -2.07. The van der Waals surface area contributed by atoms with Crippen LogP contribution in [0.3, 0.4) is 0 Å². The van der Waals surface area contributed by atoms with Gasteiger partial charge in [-0.25, -0.2) is 9.79 Å². The molecule has 1 aliphatic rings. The first-order valence-electron chi connectivity index (χ1n) is 7.49. The van der Waals surface area contributed by atoms with Crippen molar-refractivity contribution in [3.63, 3.8) is 0 Å². The van der Waals surface area contributed by atoms with E-state index in [2.05, 4.69) is 9.73 Å². The van der Waals surface area contributed by atoms with Gasteiger partial charge in [0.15, 0.2) is 5.17 Å². The molecule has 2 heterocycles. The summed E-state index contributed by atoms with van der Waals surface area (Å²) < 4.78 is 4.67. The van der Waals surface area contributed by atoms with Gasteiger partial charge in [0, 0.05) is 16.8 Å². The summed E-state index contributed by atoms with van der Waals surface area (Å²) in [6.07, 6.45) is 1.89. The maximum atomic E-state index is 12.4.